The van der Waals surface area contributed by atoms with Crippen LogP contribution in [0.4, 0.5) is 0 Å². The summed E-state index contributed by atoms with van der Waals surface area (Å²) in [6.07, 6.45) is 9.79. The van der Waals surface area contributed by atoms with Crippen molar-refractivity contribution < 1.29 is 14.3 Å². The van der Waals surface area contributed by atoms with Gasteiger partial charge in [-0.15, -0.1) is 0 Å². The van der Waals surface area contributed by atoms with Crippen molar-refractivity contribution in [3.8, 4) is 0 Å². The summed E-state index contributed by atoms with van der Waals surface area (Å²) in [5.74, 6) is 0.527. The summed E-state index contributed by atoms with van der Waals surface area (Å²) in [6.45, 7) is 9.34. The normalized spacial score (nSPS) is 47.7. The number of aryl methyl sites for hydroxylation is 1. The molecular formula is C20H30O3. The number of fused-ring (bicyclic) bond motifs is 3. The Morgan fingerprint density at radius 2 is 2.00 bits per heavy atom. The van der Waals surface area contributed by atoms with Gasteiger partial charge in [-0.05, 0) is 62.0 Å². The van der Waals surface area contributed by atoms with Crippen LogP contribution in [-0.2, 0) is 11.2 Å². The topological polar surface area (TPSA) is 45.9 Å². The third-order valence-corrected chi connectivity index (χ3v) is 7.74. The number of furan rings is 1. The molecule has 0 amide bonds. The number of epoxide rings is 1. The third kappa shape index (κ3) is 1.90. The Labute approximate surface area is 139 Å². The maximum atomic E-state index is 10.8. The number of hydrogen-bond donors (Lipinski definition) is 1. The average Bonchev–Trinajstić information content (AvgIpc) is 2.87. The monoisotopic (exact) mass is 318 g/mol. The quantitative estimate of drug-likeness (QED) is 0.843. The minimum absolute atomic E-state index is 0.159. The highest BCUT2D eigenvalue weighted by molar-refractivity contribution is 5.30. The zero-order valence-electron chi connectivity index (χ0n) is 14.9. The second kappa shape index (κ2) is 4.64. The standard InChI is InChI=1S/C20H30O3/c1-17(2)8-5-9-18(3)15(17)12-16(21)19(4)20(18,23-19)10-6-14-7-11-22-13-14/h7,11,13,15-16,21H,5-6,8-10,12H2,1-4H3/t15-,16-,18-,19+,20-/m0/s1. The van der Waals surface area contributed by atoms with E-state index in [9.17, 15) is 5.11 Å². The third-order valence-electron chi connectivity index (χ3n) is 7.74. The summed E-state index contributed by atoms with van der Waals surface area (Å²) in [5, 5.41) is 10.8. The summed E-state index contributed by atoms with van der Waals surface area (Å²) in [4.78, 5) is 0. The Balaban J connectivity index is 1.69. The Bertz CT molecular complexity index is 592. The van der Waals surface area contributed by atoms with Crippen LogP contribution in [0, 0.1) is 16.7 Å². The summed E-state index contributed by atoms with van der Waals surface area (Å²) < 4.78 is 11.7. The van der Waals surface area contributed by atoms with Crippen LogP contribution in [-0.4, -0.2) is 22.4 Å². The Hall–Kier alpha value is -0.800. The largest absolute Gasteiger partial charge is 0.472 e. The first-order valence-corrected chi connectivity index (χ1v) is 9.15. The number of rotatable bonds is 3. The lowest BCUT2D eigenvalue weighted by atomic mass is 9.45. The molecular weight excluding hydrogens is 288 g/mol. The van der Waals surface area contributed by atoms with E-state index in [4.69, 9.17) is 9.15 Å². The maximum Gasteiger partial charge on any atom is 0.121 e. The number of aliphatic hydroxyl groups is 1. The van der Waals surface area contributed by atoms with Crippen molar-refractivity contribution in [3.63, 3.8) is 0 Å². The van der Waals surface area contributed by atoms with E-state index < -0.39 is 0 Å². The van der Waals surface area contributed by atoms with Crippen molar-refractivity contribution in [2.24, 2.45) is 16.7 Å². The predicted octanol–water partition coefficient (Wildman–Crippen LogP) is 4.34. The van der Waals surface area contributed by atoms with Crippen LogP contribution in [0.1, 0.15) is 65.4 Å². The Kier molecular flexibility index (Phi) is 3.17. The molecule has 23 heavy (non-hydrogen) atoms. The molecule has 1 saturated heterocycles. The van der Waals surface area contributed by atoms with Gasteiger partial charge in [0.1, 0.15) is 11.2 Å². The fourth-order valence-electron chi connectivity index (χ4n) is 6.33. The van der Waals surface area contributed by atoms with Crippen molar-refractivity contribution in [2.45, 2.75) is 83.5 Å². The number of aliphatic hydroxyl groups excluding tert-OH is 1. The fourth-order valence-corrected chi connectivity index (χ4v) is 6.33. The van der Waals surface area contributed by atoms with Crippen LogP contribution >= 0.6 is 0 Å². The van der Waals surface area contributed by atoms with Gasteiger partial charge in [-0.3, -0.25) is 0 Å². The molecule has 1 N–H and O–H groups in total. The van der Waals surface area contributed by atoms with Gasteiger partial charge in [-0.2, -0.15) is 0 Å². The molecule has 1 aliphatic heterocycles. The highest BCUT2D eigenvalue weighted by Crippen LogP contribution is 2.74. The average molecular weight is 318 g/mol. The van der Waals surface area contributed by atoms with Gasteiger partial charge in [0.25, 0.3) is 0 Å². The summed E-state index contributed by atoms with van der Waals surface area (Å²) >= 11 is 0. The molecule has 2 saturated carbocycles. The molecule has 0 bridgehead atoms. The lowest BCUT2D eigenvalue weighted by Gasteiger charge is -2.57. The molecule has 4 rings (SSSR count). The van der Waals surface area contributed by atoms with Crippen molar-refractivity contribution in [3.05, 3.63) is 24.2 Å². The molecule has 2 aliphatic carbocycles. The van der Waals surface area contributed by atoms with Gasteiger partial charge >= 0.3 is 0 Å². The van der Waals surface area contributed by atoms with Crippen LogP contribution in [0.5, 0.6) is 0 Å². The van der Waals surface area contributed by atoms with Gasteiger partial charge in [0.2, 0.25) is 0 Å². The molecule has 1 aromatic rings. The second-order valence-corrected chi connectivity index (χ2v) is 9.23. The van der Waals surface area contributed by atoms with Crippen molar-refractivity contribution in [1.82, 2.24) is 0 Å². The van der Waals surface area contributed by atoms with Crippen LogP contribution in [0.25, 0.3) is 0 Å². The van der Waals surface area contributed by atoms with E-state index in [2.05, 4.69) is 27.7 Å². The molecule has 5 atom stereocenters. The van der Waals surface area contributed by atoms with E-state index in [-0.39, 0.29) is 28.1 Å². The molecule has 3 nitrogen and oxygen atoms in total. The van der Waals surface area contributed by atoms with Gasteiger partial charge in [-0.1, -0.05) is 27.2 Å². The summed E-state index contributed by atoms with van der Waals surface area (Å²) in [6, 6.07) is 2.04. The molecule has 2 heterocycles. The van der Waals surface area contributed by atoms with Gasteiger partial charge in [0, 0.05) is 5.41 Å². The second-order valence-electron chi connectivity index (χ2n) is 9.23. The molecule has 3 fully saturated rings. The Morgan fingerprint density at radius 3 is 2.70 bits per heavy atom. The van der Waals surface area contributed by atoms with E-state index in [1.54, 1.807) is 6.26 Å². The maximum absolute atomic E-state index is 10.8. The number of ether oxygens (including phenoxy) is 1. The van der Waals surface area contributed by atoms with Gasteiger partial charge in [-0.25, -0.2) is 0 Å². The molecule has 3 aliphatic rings. The van der Waals surface area contributed by atoms with Crippen molar-refractivity contribution >= 4 is 0 Å². The molecule has 0 aromatic carbocycles. The first kappa shape index (κ1) is 15.7. The van der Waals surface area contributed by atoms with E-state index >= 15 is 0 Å². The smallest absolute Gasteiger partial charge is 0.121 e. The van der Waals surface area contributed by atoms with E-state index in [1.807, 2.05) is 12.3 Å². The zero-order valence-corrected chi connectivity index (χ0v) is 14.9. The number of hydrogen-bond acceptors (Lipinski definition) is 3. The minimum Gasteiger partial charge on any atom is -0.472 e. The lowest BCUT2D eigenvalue weighted by molar-refractivity contribution is -0.0999. The van der Waals surface area contributed by atoms with Crippen LogP contribution in [0.3, 0.4) is 0 Å². The fraction of sp³-hybridized carbons (Fsp3) is 0.800. The molecule has 0 spiro atoms. The van der Waals surface area contributed by atoms with Crippen LogP contribution in [0.15, 0.2) is 23.0 Å². The van der Waals surface area contributed by atoms with E-state index in [1.165, 1.54) is 24.8 Å². The molecule has 1 aromatic heterocycles. The molecule has 0 radical (unpaired) electrons. The van der Waals surface area contributed by atoms with Crippen molar-refractivity contribution in [2.75, 3.05) is 0 Å². The molecule has 0 unspecified atom stereocenters. The SMILES string of the molecule is CC1(C)CCC[C@@]2(C)[C@H]1C[C@H](O)[C@@]1(C)O[C@@]21CCc1ccoc1. The predicted molar refractivity (Wildman–Crippen MR) is 89.1 cm³/mol. The lowest BCUT2D eigenvalue weighted by Crippen LogP contribution is -2.60. The van der Waals surface area contributed by atoms with Gasteiger partial charge in [0.05, 0.1) is 18.6 Å². The summed E-state index contributed by atoms with van der Waals surface area (Å²) in [5.41, 5.74) is 1.12. The van der Waals surface area contributed by atoms with Gasteiger partial charge < -0.3 is 14.3 Å². The first-order valence-electron chi connectivity index (χ1n) is 9.15. The highest BCUT2D eigenvalue weighted by Gasteiger charge is 2.81. The zero-order chi connectivity index (χ0) is 16.5. The van der Waals surface area contributed by atoms with Crippen LogP contribution < -0.4 is 0 Å². The molecule has 128 valence electrons. The van der Waals surface area contributed by atoms with Crippen LogP contribution in [0.2, 0.25) is 0 Å². The Morgan fingerprint density at radius 1 is 1.22 bits per heavy atom. The van der Waals surface area contributed by atoms with E-state index in [0.717, 1.165) is 19.3 Å². The first-order chi connectivity index (χ1) is 10.8. The minimum atomic E-state index is -0.366. The molecule has 3 heteroatoms. The summed E-state index contributed by atoms with van der Waals surface area (Å²) in [7, 11) is 0. The van der Waals surface area contributed by atoms with Gasteiger partial charge in [0.15, 0.2) is 0 Å². The van der Waals surface area contributed by atoms with E-state index in [0.29, 0.717) is 5.92 Å². The highest BCUT2D eigenvalue weighted by atomic mass is 16.6. The van der Waals surface area contributed by atoms with Crippen molar-refractivity contribution in [1.29, 1.82) is 0 Å².